The van der Waals surface area contributed by atoms with Gasteiger partial charge in [-0.1, -0.05) is 23.7 Å². The van der Waals surface area contributed by atoms with Crippen molar-refractivity contribution in [3.63, 3.8) is 0 Å². The predicted molar refractivity (Wildman–Crippen MR) is 116 cm³/mol. The van der Waals surface area contributed by atoms with Crippen molar-refractivity contribution in [2.75, 3.05) is 6.26 Å². The lowest BCUT2D eigenvalue weighted by atomic mass is 10.1. The van der Waals surface area contributed by atoms with Gasteiger partial charge in [0, 0.05) is 41.0 Å². The van der Waals surface area contributed by atoms with E-state index in [0.717, 1.165) is 17.5 Å². The SMILES string of the molecule is CS(=O)(=O)c1ccc(-n2ccc(Oc3cc[nH]c3-c3ccc(Cl)cc3)cc2=O)cc1. The number of benzene rings is 2. The van der Waals surface area contributed by atoms with Crippen LogP contribution >= 0.6 is 11.6 Å². The summed E-state index contributed by atoms with van der Waals surface area (Å²) in [5, 5.41) is 0.640. The van der Waals surface area contributed by atoms with Crippen LogP contribution in [-0.4, -0.2) is 24.2 Å². The number of aromatic amines is 1. The van der Waals surface area contributed by atoms with Gasteiger partial charge < -0.3 is 9.72 Å². The number of ether oxygens (including phenoxy) is 1. The van der Waals surface area contributed by atoms with Crippen LogP contribution < -0.4 is 10.3 Å². The Labute approximate surface area is 178 Å². The summed E-state index contributed by atoms with van der Waals surface area (Å²) in [4.78, 5) is 15.9. The van der Waals surface area contributed by atoms with E-state index in [-0.39, 0.29) is 10.5 Å². The third-order valence-corrected chi connectivity index (χ3v) is 5.88. The van der Waals surface area contributed by atoms with Crippen molar-refractivity contribution in [3.05, 3.63) is 94.5 Å². The van der Waals surface area contributed by atoms with Crippen molar-refractivity contribution >= 4 is 21.4 Å². The van der Waals surface area contributed by atoms with Gasteiger partial charge >= 0.3 is 0 Å². The quantitative estimate of drug-likeness (QED) is 0.488. The molecule has 8 heteroatoms. The molecule has 2 aromatic heterocycles. The maximum atomic E-state index is 12.6. The molecule has 0 spiro atoms. The molecule has 0 unspecified atom stereocenters. The molecule has 0 atom stereocenters. The second kappa shape index (κ2) is 7.85. The highest BCUT2D eigenvalue weighted by Gasteiger charge is 2.11. The summed E-state index contributed by atoms with van der Waals surface area (Å²) in [7, 11) is -3.29. The van der Waals surface area contributed by atoms with Gasteiger partial charge in [-0.2, -0.15) is 0 Å². The lowest BCUT2D eigenvalue weighted by Gasteiger charge is -2.10. The van der Waals surface area contributed by atoms with Gasteiger partial charge in [0.2, 0.25) is 0 Å². The Kier molecular flexibility index (Phi) is 5.24. The normalized spacial score (nSPS) is 11.4. The molecule has 0 aliphatic heterocycles. The molecule has 4 rings (SSSR count). The van der Waals surface area contributed by atoms with Gasteiger partial charge in [-0.15, -0.1) is 0 Å². The smallest absolute Gasteiger partial charge is 0.258 e. The van der Waals surface area contributed by atoms with Crippen molar-refractivity contribution in [1.29, 1.82) is 0 Å². The molecule has 0 aliphatic rings. The monoisotopic (exact) mass is 440 g/mol. The van der Waals surface area contributed by atoms with Crippen molar-refractivity contribution in [2.45, 2.75) is 4.90 Å². The Bertz CT molecular complexity index is 1360. The van der Waals surface area contributed by atoms with E-state index >= 15 is 0 Å². The van der Waals surface area contributed by atoms with E-state index in [9.17, 15) is 13.2 Å². The fraction of sp³-hybridized carbons (Fsp3) is 0.0455. The molecule has 2 aromatic carbocycles. The molecule has 1 N–H and O–H groups in total. The Morgan fingerprint density at radius 2 is 1.67 bits per heavy atom. The summed E-state index contributed by atoms with van der Waals surface area (Å²) < 4.78 is 30.5. The zero-order chi connectivity index (χ0) is 21.3. The third kappa shape index (κ3) is 4.17. The van der Waals surface area contributed by atoms with Gasteiger partial charge in [0.05, 0.1) is 10.6 Å². The second-order valence-electron chi connectivity index (χ2n) is 6.66. The van der Waals surface area contributed by atoms with Crippen LogP contribution in [0.15, 0.2) is 88.8 Å². The molecule has 30 heavy (non-hydrogen) atoms. The van der Waals surface area contributed by atoms with Crippen molar-refractivity contribution in [3.8, 4) is 28.4 Å². The van der Waals surface area contributed by atoms with Crippen LogP contribution in [0.4, 0.5) is 0 Å². The fourth-order valence-electron chi connectivity index (χ4n) is 3.00. The number of hydrogen-bond donors (Lipinski definition) is 1. The maximum absolute atomic E-state index is 12.6. The number of nitrogens with one attached hydrogen (secondary N) is 1. The highest BCUT2D eigenvalue weighted by Crippen LogP contribution is 2.32. The first-order chi connectivity index (χ1) is 14.3. The lowest BCUT2D eigenvalue weighted by Crippen LogP contribution is -2.16. The van der Waals surface area contributed by atoms with E-state index in [1.54, 1.807) is 48.8 Å². The Balaban J connectivity index is 1.60. The highest BCUT2D eigenvalue weighted by atomic mass is 35.5. The van der Waals surface area contributed by atoms with Crippen molar-refractivity contribution in [2.24, 2.45) is 0 Å². The summed E-state index contributed by atoms with van der Waals surface area (Å²) in [6.07, 6.45) is 4.48. The topological polar surface area (TPSA) is 81.2 Å². The van der Waals surface area contributed by atoms with Crippen molar-refractivity contribution in [1.82, 2.24) is 9.55 Å². The molecule has 0 saturated carbocycles. The Morgan fingerprint density at radius 3 is 2.30 bits per heavy atom. The first-order valence-electron chi connectivity index (χ1n) is 8.96. The van der Waals surface area contributed by atoms with E-state index in [2.05, 4.69) is 4.98 Å². The predicted octanol–water partition coefficient (Wildman–Crippen LogP) is 4.68. The highest BCUT2D eigenvalue weighted by molar-refractivity contribution is 7.90. The molecule has 0 radical (unpaired) electrons. The zero-order valence-electron chi connectivity index (χ0n) is 15.9. The van der Waals surface area contributed by atoms with E-state index in [1.807, 2.05) is 12.1 Å². The number of nitrogens with zero attached hydrogens (tertiary/aromatic N) is 1. The Hall–Kier alpha value is -3.29. The molecule has 0 saturated heterocycles. The van der Waals surface area contributed by atoms with Gasteiger partial charge in [-0.3, -0.25) is 9.36 Å². The molecule has 0 bridgehead atoms. The fourth-order valence-corrected chi connectivity index (χ4v) is 3.76. The number of pyridine rings is 1. The molecule has 2 heterocycles. The van der Waals surface area contributed by atoms with Crippen molar-refractivity contribution < 1.29 is 13.2 Å². The summed E-state index contributed by atoms with van der Waals surface area (Å²) in [5.41, 5.74) is 1.93. The van der Waals surface area contributed by atoms with Crippen LogP contribution in [0.2, 0.25) is 5.02 Å². The van der Waals surface area contributed by atoms with E-state index < -0.39 is 9.84 Å². The van der Waals surface area contributed by atoms with E-state index in [1.165, 1.54) is 22.8 Å². The number of aromatic nitrogens is 2. The molecule has 0 amide bonds. The van der Waals surface area contributed by atoms with Gasteiger partial charge in [-0.05, 0) is 48.5 Å². The van der Waals surface area contributed by atoms with Gasteiger partial charge in [0.1, 0.15) is 5.75 Å². The molecule has 0 aliphatic carbocycles. The minimum atomic E-state index is -3.29. The number of rotatable bonds is 5. The zero-order valence-corrected chi connectivity index (χ0v) is 17.4. The molecule has 0 fully saturated rings. The summed E-state index contributed by atoms with van der Waals surface area (Å²) in [6.45, 7) is 0. The average molecular weight is 441 g/mol. The minimum Gasteiger partial charge on any atom is -0.455 e. The van der Waals surface area contributed by atoms with Crippen LogP contribution in [0.25, 0.3) is 16.9 Å². The first kappa shape index (κ1) is 20.0. The lowest BCUT2D eigenvalue weighted by molar-refractivity contribution is 0.483. The van der Waals surface area contributed by atoms with Crippen LogP contribution in [0.1, 0.15) is 0 Å². The molecule has 152 valence electrons. The number of H-pyrrole nitrogens is 1. The van der Waals surface area contributed by atoms with Gasteiger partial charge in [0.15, 0.2) is 15.6 Å². The van der Waals surface area contributed by atoms with Crippen LogP contribution in [-0.2, 0) is 9.84 Å². The first-order valence-corrected chi connectivity index (χ1v) is 11.2. The Morgan fingerprint density at radius 1 is 0.967 bits per heavy atom. The van der Waals surface area contributed by atoms with E-state index in [0.29, 0.717) is 22.2 Å². The van der Waals surface area contributed by atoms with Crippen LogP contribution in [0.5, 0.6) is 11.5 Å². The van der Waals surface area contributed by atoms with E-state index in [4.69, 9.17) is 16.3 Å². The largest absolute Gasteiger partial charge is 0.455 e. The molecular formula is C22H17ClN2O4S. The van der Waals surface area contributed by atoms with Gasteiger partial charge in [-0.25, -0.2) is 8.42 Å². The molecular weight excluding hydrogens is 424 g/mol. The van der Waals surface area contributed by atoms with Gasteiger partial charge in [0.25, 0.3) is 5.56 Å². The number of halogens is 1. The second-order valence-corrected chi connectivity index (χ2v) is 9.11. The molecule has 6 nitrogen and oxygen atoms in total. The average Bonchev–Trinajstić information content (AvgIpc) is 3.16. The van der Waals surface area contributed by atoms with Crippen LogP contribution in [0.3, 0.4) is 0 Å². The minimum absolute atomic E-state index is 0.196. The molecule has 4 aromatic rings. The number of hydrogen-bond acceptors (Lipinski definition) is 4. The standard InChI is InChI=1S/C22H17ClN2O4S/c1-30(27,28)19-8-6-17(7-9-19)25-13-11-18(14-21(25)26)29-20-10-12-24-22(20)15-2-4-16(23)5-3-15/h2-14,24H,1H3. The third-order valence-electron chi connectivity index (χ3n) is 4.50. The van der Waals surface area contributed by atoms with Crippen LogP contribution in [0, 0.1) is 0 Å². The summed E-state index contributed by atoms with van der Waals surface area (Å²) in [5.74, 6) is 0.964. The maximum Gasteiger partial charge on any atom is 0.258 e. The number of sulfone groups is 1. The summed E-state index contributed by atoms with van der Waals surface area (Å²) in [6, 6.07) is 18.3. The summed E-state index contributed by atoms with van der Waals surface area (Å²) >= 11 is 5.95.